The quantitative estimate of drug-likeness (QED) is 0.652. The molecule has 2 heteroatoms. The zero-order valence-corrected chi connectivity index (χ0v) is 9.42. The molecule has 13 heavy (non-hydrogen) atoms. The van der Waals surface area contributed by atoms with Crippen LogP contribution < -0.4 is 0 Å². The smallest absolute Gasteiger partial charge is 0.137 e. The van der Waals surface area contributed by atoms with Gasteiger partial charge in [-0.05, 0) is 18.9 Å². The van der Waals surface area contributed by atoms with Crippen LogP contribution in [-0.2, 0) is 4.74 Å². The summed E-state index contributed by atoms with van der Waals surface area (Å²) in [4.78, 5) is 2.08. The first-order valence-corrected chi connectivity index (χ1v) is 4.87. The third-order valence-corrected chi connectivity index (χ3v) is 1.79. The van der Waals surface area contributed by atoms with Crippen LogP contribution in [0, 0.1) is 0 Å². The molecule has 1 rings (SSSR count). The highest BCUT2D eigenvalue weighted by molar-refractivity contribution is 5.27. The predicted molar refractivity (Wildman–Crippen MR) is 57.4 cm³/mol. The van der Waals surface area contributed by atoms with Crippen molar-refractivity contribution in [3.05, 3.63) is 23.6 Å². The van der Waals surface area contributed by atoms with Crippen LogP contribution in [0.5, 0.6) is 0 Å². The van der Waals surface area contributed by atoms with Gasteiger partial charge in [0.05, 0.1) is 12.8 Å². The normalized spacial score (nSPS) is 14.8. The van der Waals surface area contributed by atoms with Crippen LogP contribution in [-0.4, -0.2) is 26.1 Å². The van der Waals surface area contributed by atoms with Gasteiger partial charge in [-0.15, -0.1) is 0 Å². The van der Waals surface area contributed by atoms with E-state index in [-0.39, 0.29) is 0 Å². The summed E-state index contributed by atoms with van der Waals surface area (Å²) >= 11 is 0. The fraction of sp³-hybridized carbons (Fsp3) is 0.636. The zero-order valence-electron chi connectivity index (χ0n) is 9.42. The van der Waals surface area contributed by atoms with Crippen LogP contribution in [0.1, 0.15) is 26.7 Å². The minimum absolute atomic E-state index is 1.00. The van der Waals surface area contributed by atoms with Crippen LogP contribution in [0.15, 0.2) is 23.6 Å². The Morgan fingerprint density at radius 3 is 2.08 bits per heavy atom. The molecule has 2 nitrogen and oxygen atoms in total. The Balaban J connectivity index is 0.000000671. The maximum Gasteiger partial charge on any atom is 0.137 e. The van der Waals surface area contributed by atoms with E-state index in [0.29, 0.717) is 0 Å². The monoisotopic (exact) mass is 183 g/mol. The summed E-state index contributed by atoms with van der Waals surface area (Å²) in [5.41, 5.74) is 1.19. The van der Waals surface area contributed by atoms with E-state index < -0.39 is 0 Å². The molecule has 0 bridgehead atoms. The molecule has 0 saturated carbocycles. The van der Waals surface area contributed by atoms with Crippen molar-refractivity contribution in [3.63, 3.8) is 0 Å². The van der Waals surface area contributed by atoms with Crippen LogP contribution in [0.4, 0.5) is 0 Å². The van der Waals surface area contributed by atoms with Crippen molar-refractivity contribution < 1.29 is 4.74 Å². The first-order valence-electron chi connectivity index (χ1n) is 4.87. The van der Waals surface area contributed by atoms with E-state index in [9.17, 15) is 0 Å². The average molecular weight is 183 g/mol. The van der Waals surface area contributed by atoms with Gasteiger partial charge >= 0.3 is 0 Å². The number of nitrogens with zero attached hydrogens (tertiary/aromatic N) is 1. The largest absolute Gasteiger partial charge is 0.495 e. The molecule has 0 heterocycles. The summed E-state index contributed by atoms with van der Waals surface area (Å²) in [7, 11) is 5.78. The third-order valence-electron chi connectivity index (χ3n) is 1.79. The van der Waals surface area contributed by atoms with Crippen molar-refractivity contribution in [2.75, 3.05) is 21.2 Å². The Hall–Kier alpha value is -0.920. The highest BCUT2D eigenvalue weighted by Crippen LogP contribution is 2.20. The number of ether oxygens (including phenoxy) is 1. The molecule has 0 fully saturated rings. The Labute approximate surface area is 81.9 Å². The molecule has 0 spiro atoms. The average Bonchev–Trinajstić information content (AvgIpc) is 2.20. The van der Waals surface area contributed by atoms with Gasteiger partial charge in [-0.2, -0.15) is 0 Å². The maximum absolute atomic E-state index is 5.22. The molecule has 1 aliphatic rings. The summed E-state index contributed by atoms with van der Waals surface area (Å²) in [5.74, 6) is 1.00. The van der Waals surface area contributed by atoms with Crippen LogP contribution in [0.25, 0.3) is 0 Å². The number of allylic oxidation sites excluding steroid dienone is 2. The molecule has 0 unspecified atom stereocenters. The third kappa shape index (κ3) is 3.53. The predicted octanol–water partition coefficient (Wildman–Crippen LogP) is 2.78. The number of rotatable bonds is 2. The fourth-order valence-corrected chi connectivity index (χ4v) is 1.23. The van der Waals surface area contributed by atoms with Crippen molar-refractivity contribution in [3.8, 4) is 0 Å². The second-order valence-electron chi connectivity index (χ2n) is 2.83. The SMILES string of the molecule is CC.COC1=CCCC=C1N(C)C. The van der Waals surface area contributed by atoms with Crippen molar-refractivity contribution in [2.45, 2.75) is 26.7 Å². The zero-order chi connectivity index (χ0) is 10.3. The second-order valence-corrected chi connectivity index (χ2v) is 2.83. The van der Waals surface area contributed by atoms with E-state index in [4.69, 9.17) is 4.74 Å². The second kappa shape index (κ2) is 6.58. The van der Waals surface area contributed by atoms with E-state index in [1.807, 2.05) is 27.9 Å². The van der Waals surface area contributed by atoms with Gasteiger partial charge in [-0.1, -0.05) is 19.9 Å². The Morgan fingerprint density at radius 1 is 1.15 bits per heavy atom. The lowest BCUT2D eigenvalue weighted by Gasteiger charge is -2.21. The van der Waals surface area contributed by atoms with Crippen LogP contribution in [0.3, 0.4) is 0 Å². The van der Waals surface area contributed by atoms with Gasteiger partial charge in [0.2, 0.25) is 0 Å². The lowest BCUT2D eigenvalue weighted by Crippen LogP contribution is -2.15. The number of hydrogen-bond acceptors (Lipinski definition) is 2. The molecule has 0 amide bonds. The van der Waals surface area contributed by atoms with Crippen molar-refractivity contribution in [2.24, 2.45) is 0 Å². The first kappa shape index (κ1) is 12.1. The van der Waals surface area contributed by atoms with E-state index in [2.05, 4.69) is 17.1 Å². The molecule has 1 aliphatic carbocycles. The fourth-order valence-electron chi connectivity index (χ4n) is 1.23. The van der Waals surface area contributed by atoms with Gasteiger partial charge in [0, 0.05) is 14.1 Å². The Bertz CT molecular complexity index is 192. The molecule has 0 atom stereocenters. The molecule has 0 aliphatic heterocycles. The molecular weight excluding hydrogens is 162 g/mol. The van der Waals surface area contributed by atoms with E-state index in [0.717, 1.165) is 18.6 Å². The maximum atomic E-state index is 5.22. The van der Waals surface area contributed by atoms with Gasteiger partial charge in [0.15, 0.2) is 0 Å². The highest BCUT2D eigenvalue weighted by Gasteiger charge is 2.09. The topological polar surface area (TPSA) is 12.5 Å². The molecule has 0 aromatic carbocycles. The van der Waals surface area contributed by atoms with Gasteiger partial charge in [0.1, 0.15) is 5.76 Å². The van der Waals surface area contributed by atoms with Crippen molar-refractivity contribution >= 4 is 0 Å². The van der Waals surface area contributed by atoms with Gasteiger partial charge < -0.3 is 9.64 Å². The number of likely N-dealkylation sites (N-methyl/N-ethyl adjacent to an activating group) is 1. The van der Waals surface area contributed by atoms with Gasteiger partial charge in [-0.3, -0.25) is 0 Å². The standard InChI is InChI=1S/C9H15NO.C2H6/c1-10(2)8-6-4-5-7-9(8)11-3;1-2/h6-7H,4-5H2,1-3H3;1-2H3. The number of hydrogen-bond donors (Lipinski definition) is 0. The summed E-state index contributed by atoms with van der Waals surface area (Å²) in [6, 6.07) is 0. The molecule has 0 aromatic heterocycles. The van der Waals surface area contributed by atoms with E-state index in [1.54, 1.807) is 7.11 Å². The Kier molecular flexibility index (Phi) is 6.11. The Morgan fingerprint density at radius 2 is 1.69 bits per heavy atom. The lowest BCUT2D eigenvalue weighted by molar-refractivity contribution is 0.274. The molecular formula is C11H21NO. The van der Waals surface area contributed by atoms with Gasteiger partial charge in [0.25, 0.3) is 0 Å². The summed E-state index contributed by atoms with van der Waals surface area (Å²) in [5, 5.41) is 0. The summed E-state index contributed by atoms with van der Waals surface area (Å²) in [6.07, 6.45) is 6.56. The molecule has 0 aromatic rings. The molecule has 76 valence electrons. The van der Waals surface area contributed by atoms with E-state index in [1.165, 1.54) is 5.70 Å². The minimum atomic E-state index is 1.00. The van der Waals surface area contributed by atoms with Gasteiger partial charge in [-0.25, -0.2) is 0 Å². The van der Waals surface area contributed by atoms with Crippen molar-refractivity contribution in [1.82, 2.24) is 4.90 Å². The molecule has 0 saturated heterocycles. The number of methoxy groups -OCH3 is 1. The van der Waals surface area contributed by atoms with Crippen molar-refractivity contribution in [1.29, 1.82) is 0 Å². The van der Waals surface area contributed by atoms with Crippen LogP contribution in [0.2, 0.25) is 0 Å². The minimum Gasteiger partial charge on any atom is -0.495 e. The lowest BCUT2D eigenvalue weighted by atomic mass is 10.1. The first-order chi connectivity index (χ1) is 6.25. The van der Waals surface area contributed by atoms with E-state index >= 15 is 0 Å². The molecule has 0 radical (unpaired) electrons. The van der Waals surface area contributed by atoms with Crippen LogP contribution >= 0.6 is 0 Å². The molecule has 0 N–H and O–H groups in total. The summed E-state index contributed by atoms with van der Waals surface area (Å²) < 4.78 is 5.22. The highest BCUT2D eigenvalue weighted by atomic mass is 16.5. The summed E-state index contributed by atoms with van der Waals surface area (Å²) in [6.45, 7) is 4.00.